The van der Waals surface area contributed by atoms with Gasteiger partial charge >= 0.3 is 0 Å². The molecular formula is C24H16N2O3S. The normalized spacial score (nSPS) is 9.63. The number of anilines is 1. The first-order chi connectivity index (χ1) is 14.4. The largest absolute Gasteiger partial charge is 0.398 e. The van der Waals surface area contributed by atoms with E-state index < -0.39 is 4.92 Å². The van der Waals surface area contributed by atoms with E-state index in [1.807, 2.05) is 30.3 Å². The van der Waals surface area contributed by atoms with Crippen LogP contribution >= 0.6 is 11.8 Å². The van der Waals surface area contributed by atoms with Gasteiger partial charge in [-0.25, -0.2) is 0 Å². The molecule has 0 amide bonds. The Morgan fingerprint density at radius 2 is 1.50 bits per heavy atom. The van der Waals surface area contributed by atoms with Gasteiger partial charge in [0, 0.05) is 34.7 Å². The SMILES string of the molecule is CC(=O)Sc1ccc(C#Cc2cc([N+](=O)[O-])c(C#Cc3ccccc3)cc2N)cc1. The van der Waals surface area contributed by atoms with Crippen LogP contribution in [0.1, 0.15) is 29.2 Å². The number of hydrogen-bond donors (Lipinski definition) is 1. The molecule has 0 aliphatic heterocycles. The number of carbonyl (C=O) groups is 1. The summed E-state index contributed by atoms with van der Waals surface area (Å²) in [5.74, 6) is 11.6. The van der Waals surface area contributed by atoms with Crippen molar-refractivity contribution in [3.8, 4) is 23.7 Å². The molecule has 0 saturated heterocycles. The summed E-state index contributed by atoms with van der Waals surface area (Å²) >= 11 is 1.14. The summed E-state index contributed by atoms with van der Waals surface area (Å²) in [6, 6.07) is 19.2. The first-order valence-corrected chi connectivity index (χ1v) is 9.69. The standard InChI is InChI=1S/C24H16N2O3S/c1-17(27)30-22-13-9-19(10-14-22)7-11-20-16-24(26(28)29)21(15-23(20)25)12-8-18-5-3-2-4-6-18/h2-6,9-10,13-16H,25H2,1H3. The maximum absolute atomic E-state index is 11.5. The van der Waals surface area contributed by atoms with Gasteiger partial charge in [0.25, 0.3) is 5.69 Å². The third-order valence-corrected chi connectivity index (χ3v) is 4.73. The van der Waals surface area contributed by atoms with Crippen molar-refractivity contribution in [3.05, 3.63) is 99.1 Å². The van der Waals surface area contributed by atoms with Gasteiger partial charge in [0.05, 0.1) is 10.5 Å². The third-order valence-electron chi connectivity index (χ3n) is 3.94. The zero-order valence-electron chi connectivity index (χ0n) is 16.0. The van der Waals surface area contributed by atoms with Crippen LogP contribution in [0.5, 0.6) is 0 Å². The number of rotatable bonds is 2. The molecule has 0 fully saturated rings. The molecule has 0 aliphatic carbocycles. The second-order valence-corrected chi connectivity index (χ2v) is 7.45. The van der Waals surface area contributed by atoms with E-state index in [1.54, 1.807) is 24.3 Å². The fourth-order valence-electron chi connectivity index (χ4n) is 2.54. The fourth-order valence-corrected chi connectivity index (χ4v) is 3.14. The zero-order chi connectivity index (χ0) is 21.5. The van der Waals surface area contributed by atoms with Gasteiger partial charge in [0.2, 0.25) is 0 Å². The molecule has 0 unspecified atom stereocenters. The Hall–Kier alpha value is -4.00. The number of carbonyl (C=O) groups excluding carboxylic acids is 1. The molecule has 0 spiro atoms. The molecule has 3 aromatic rings. The summed E-state index contributed by atoms with van der Waals surface area (Å²) in [4.78, 5) is 23.0. The van der Waals surface area contributed by atoms with Gasteiger partial charge in [-0.3, -0.25) is 14.9 Å². The average molecular weight is 412 g/mol. The van der Waals surface area contributed by atoms with Crippen molar-refractivity contribution in [2.24, 2.45) is 0 Å². The van der Waals surface area contributed by atoms with Crippen molar-refractivity contribution in [3.63, 3.8) is 0 Å². The summed E-state index contributed by atoms with van der Waals surface area (Å²) in [6.45, 7) is 1.50. The number of nitrogens with zero attached hydrogens (tertiary/aromatic N) is 1. The highest BCUT2D eigenvalue weighted by molar-refractivity contribution is 8.13. The molecule has 0 aliphatic rings. The highest BCUT2D eigenvalue weighted by Gasteiger charge is 2.15. The van der Waals surface area contributed by atoms with Gasteiger partial charge in [-0.2, -0.15) is 0 Å². The molecule has 3 aromatic carbocycles. The summed E-state index contributed by atoms with van der Waals surface area (Å²) in [7, 11) is 0. The minimum absolute atomic E-state index is 0.00405. The highest BCUT2D eigenvalue weighted by atomic mass is 32.2. The molecule has 0 bridgehead atoms. The van der Waals surface area contributed by atoms with Crippen LogP contribution in [0.25, 0.3) is 0 Å². The van der Waals surface area contributed by atoms with E-state index in [9.17, 15) is 14.9 Å². The van der Waals surface area contributed by atoms with E-state index >= 15 is 0 Å². The maximum atomic E-state index is 11.5. The molecule has 0 saturated carbocycles. The van der Waals surface area contributed by atoms with Crippen LogP contribution in [0.2, 0.25) is 0 Å². The minimum atomic E-state index is -0.493. The number of nitro benzene ring substituents is 1. The first kappa shape index (κ1) is 20.7. The lowest BCUT2D eigenvalue weighted by Crippen LogP contribution is -1.98. The maximum Gasteiger partial charge on any atom is 0.286 e. The van der Waals surface area contributed by atoms with Crippen LogP contribution in [0.3, 0.4) is 0 Å². The van der Waals surface area contributed by atoms with E-state index in [0.717, 1.165) is 22.2 Å². The zero-order valence-corrected chi connectivity index (χ0v) is 16.8. The van der Waals surface area contributed by atoms with Crippen molar-refractivity contribution in [1.82, 2.24) is 0 Å². The van der Waals surface area contributed by atoms with Crippen molar-refractivity contribution in [2.45, 2.75) is 11.8 Å². The van der Waals surface area contributed by atoms with Crippen LogP contribution in [0.15, 0.2) is 71.6 Å². The Bertz CT molecular complexity index is 1230. The van der Waals surface area contributed by atoms with E-state index in [4.69, 9.17) is 5.73 Å². The van der Waals surface area contributed by atoms with Crippen LogP contribution in [-0.2, 0) is 4.79 Å². The summed E-state index contributed by atoms with van der Waals surface area (Å²) in [6.07, 6.45) is 0. The highest BCUT2D eigenvalue weighted by Crippen LogP contribution is 2.25. The summed E-state index contributed by atoms with van der Waals surface area (Å²) in [5, 5.41) is 11.5. The van der Waals surface area contributed by atoms with Crippen molar-refractivity contribution in [1.29, 1.82) is 0 Å². The van der Waals surface area contributed by atoms with Gasteiger partial charge in [-0.1, -0.05) is 53.6 Å². The van der Waals surface area contributed by atoms with Gasteiger partial charge in [0.1, 0.15) is 5.56 Å². The summed E-state index contributed by atoms with van der Waals surface area (Å²) < 4.78 is 0. The number of nitro groups is 1. The van der Waals surface area contributed by atoms with Gasteiger partial charge in [-0.05, 0) is 42.5 Å². The van der Waals surface area contributed by atoms with Gasteiger partial charge in [0.15, 0.2) is 5.12 Å². The molecule has 2 N–H and O–H groups in total. The molecule has 0 heterocycles. The summed E-state index contributed by atoms with van der Waals surface area (Å²) in [5.41, 5.74) is 8.28. The fraction of sp³-hybridized carbons (Fsp3) is 0.0417. The Morgan fingerprint density at radius 1 is 0.900 bits per heavy atom. The van der Waals surface area contributed by atoms with Crippen molar-refractivity contribution >= 4 is 28.3 Å². The Balaban J connectivity index is 1.91. The molecule has 6 heteroatoms. The van der Waals surface area contributed by atoms with Crippen LogP contribution < -0.4 is 5.73 Å². The molecular weight excluding hydrogens is 396 g/mol. The number of nitrogen functional groups attached to an aromatic ring is 1. The Morgan fingerprint density at radius 3 is 2.10 bits per heavy atom. The first-order valence-electron chi connectivity index (χ1n) is 8.88. The molecule has 5 nitrogen and oxygen atoms in total. The molecule has 3 rings (SSSR count). The van der Waals surface area contributed by atoms with E-state index in [1.165, 1.54) is 19.1 Å². The number of nitrogens with two attached hydrogens (primary N) is 1. The number of benzene rings is 3. The lowest BCUT2D eigenvalue weighted by molar-refractivity contribution is -0.385. The Labute approximate surface area is 178 Å². The van der Waals surface area contributed by atoms with Gasteiger partial charge in [-0.15, -0.1) is 0 Å². The Kier molecular flexibility index (Phi) is 6.54. The van der Waals surface area contributed by atoms with Gasteiger partial charge < -0.3 is 5.73 Å². The lowest BCUT2D eigenvalue weighted by atomic mass is 10.1. The number of thioether (sulfide) groups is 1. The van der Waals surface area contributed by atoms with Crippen molar-refractivity contribution in [2.75, 3.05) is 5.73 Å². The molecule has 30 heavy (non-hydrogen) atoms. The minimum Gasteiger partial charge on any atom is -0.398 e. The molecule has 0 atom stereocenters. The monoisotopic (exact) mass is 412 g/mol. The average Bonchev–Trinajstić information content (AvgIpc) is 2.72. The smallest absolute Gasteiger partial charge is 0.286 e. The predicted octanol–water partition coefficient (Wildman–Crippen LogP) is 4.62. The van der Waals surface area contributed by atoms with E-state index in [2.05, 4.69) is 23.7 Å². The van der Waals surface area contributed by atoms with Crippen LogP contribution in [0, 0.1) is 33.8 Å². The van der Waals surface area contributed by atoms with E-state index in [-0.39, 0.29) is 16.4 Å². The topological polar surface area (TPSA) is 86.2 Å². The third kappa shape index (κ3) is 5.51. The van der Waals surface area contributed by atoms with Crippen LogP contribution in [0.4, 0.5) is 11.4 Å². The quantitative estimate of drug-likeness (QED) is 0.218. The molecule has 146 valence electrons. The predicted molar refractivity (Wildman–Crippen MR) is 119 cm³/mol. The van der Waals surface area contributed by atoms with Crippen LogP contribution in [-0.4, -0.2) is 10.0 Å². The second-order valence-electron chi connectivity index (χ2n) is 6.20. The second kappa shape index (κ2) is 9.47. The lowest BCUT2D eigenvalue weighted by Gasteiger charge is -2.02. The van der Waals surface area contributed by atoms with Crippen molar-refractivity contribution < 1.29 is 9.72 Å². The number of hydrogen-bond acceptors (Lipinski definition) is 5. The van der Waals surface area contributed by atoms with E-state index in [0.29, 0.717) is 16.8 Å². The molecule has 0 radical (unpaired) electrons. The molecule has 0 aromatic heterocycles.